The summed E-state index contributed by atoms with van der Waals surface area (Å²) >= 11 is 0. The van der Waals surface area contributed by atoms with Crippen molar-refractivity contribution in [2.24, 2.45) is 0 Å². The predicted octanol–water partition coefficient (Wildman–Crippen LogP) is 0.252. The summed E-state index contributed by atoms with van der Waals surface area (Å²) in [5.74, 6) is 0.0483. The molecule has 120 valence electrons. The molecule has 1 aromatic carbocycles. The van der Waals surface area contributed by atoms with Gasteiger partial charge in [-0.1, -0.05) is 12.1 Å². The van der Waals surface area contributed by atoms with E-state index in [0.717, 1.165) is 0 Å². The van der Waals surface area contributed by atoms with Crippen LogP contribution in [0.15, 0.2) is 33.9 Å². The summed E-state index contributed by atoms with van der Waals surface area (Å²) in [7, 11) is 0. The number of carbonyl (C=O) groups excluding carboxylic acids is 1. The van der Waals surface area contributed by atoms with Crippen LogP contribution in [-0.2, 0) is 11.3 Å². The van der Waals surface area contributed by atoms with E-state index >= 15 is 0 Å². The van der Waals surface area contributed by atoms with Crippen LogP contribution in [0, 0.1) is 0 Å². The highest BCUT2D eigenvalue weighted by molar-refractivity contribution is 5.80. The second-order valence-electron chi connectivity index (χ2n) is 5.61. The van der Waals surface area contributed by atoms with Gasteiger partial charge in [-0.15, -0.1) is 5.10 Å². The molecular weight excluding hydrogens is 298 g/mol. The fourth-order valence-electron chi connectivity index (χ4n) is 2.58. The Morgan fingerprint density at radius 3 is 2.78 bits per heavy atom. The second kappa shape index (κ2) is 5.71. The minimum absolute atomic E-state index is 0.0313. The number of benzene rings is 1. The fourth-order valence-corrected chi connectivity index (χ4v) is 2.58. The van der Waals surface area contributed by atoms with E-state index in [4.69, 9.17) is 0 Å². The van der Waals surface area contributed by atoms with Gasteiger partial charge in [0, 0.05) is 19.0 Å². The van der Waals surface area contributed by atoms with Crippen LogP contribution in [0.2, 0.25) is 0 Å². The first kappa shape index (κ1) is 15.0. The van der Waals surface area contributed by atoms with Crippen molar-refractivity contribution in [3.05, 3.63) is 45.1 Å². The summed E-state index contributed by atoms with van der Waals surface area (Å²) in [5, 5.41) is 9.46. The minimum atomic E-state index is -0.420. The summed E-state index contributed by atoms with van der Waals surface area (Å²) in [6.07, 6.45) is 0.132. The molecule has 2 heterocycles. The SMILES string of the molecule is CC(C)NC(=O)CCn1c(=O)c2ccccc2n2c(=O)[nH]nc12. The van der Waals surface area contributed by atoms with Crippen LogP contribution in [0.1, 0.15) is 20.3 Å². The van der Waals surface area contributed by atoms with E-state index in [1.165, 1.54) is 8.97 Å². The van der Waals surface area contributed by atoms with E-state index in [2.05, 4.69) is 15.5 Å². The monoisotopic (exact) mass is 315 g/mol. The Kier molecular flexibility index (Phi) is 3.73. The van der Waals surface area contributed by atoms with Gasteiger partial charge in [0.25, 0.3) is 5.56 Å². The average Bonchev–Trinajstić information content (AvgIpc) is 2.88. The zero-order valence-electron chi connectivity index (χ0n) is 12.9. The lowest BCUT2D eigenvalue weighted by atomic mass is 10.2. The number of rotatable bonds is 4. The highest BCUT2D eigenvalue weighted by atomic mass is 16.2. The predicted molar refractivity (Wildman–Crippen MR) is 85.5 cm³/mol. The van der Waals surface area contributed by atoms with E-state index in [-0.39, 0.29) is 36.3 Å². The molecule has 3 aromatic rings. The number of carbonyl (C=O) groups is 1. The van der Waals surface area contributed by atoms with E-state index in [1.54, 1.807) is 24.3 Å². The number of hydrogen-bond donors (Lipinski definition) is 2. The number of aromatic amines is 1. The third kappa shape index (κ3) is 2.63. The molecule has 2 aromatic heterocycles. The van der Waals surface area contributed by atoms with Gasteiger partial charge in [0.2, 0.25) is 11.7 Å². The molecular formula is C15H17N5O3. The van der Waals surface area contributed by atoms with E-state index in [0.29, 0.717) is 10.9 Å². The van der Waals surface area contributed by atoms with Crippen LogP contribution in [0.4, 0.5) is 0 Å². The second-order valence-corrected chi connectivity index (χ2v) is 5.61. The number of nitrogens with zero attached hydrogens (tertiary/aromatic N) is 3. The Labute approximate surface area is 130 Å². The standard InChI is InChI=1S/C15H17N5O3/c1-9(2)16-12(21)7-8-19-13(22)10-5-3-4-6-11(10)20-14(19)17-18-15(20)23/h3-6,9H,7-8H2,1-2H3,(H,16,21)(H,18,23). The quantitative estimate of drug-likeness (QED) is 0.720. The zero-order valence-corrected chi connectivity index (χ0v) is 12.9. The van der Waals surface area contributed by atoms with Gasteiger partial charge in [-0.25, -0.2) is 14.3 Å². The van der Waals surface area contributed by atoms with Crippen LogP contribution in [-0.4, -0.2) is 31.1 Å². The first-order valence-corrected chi connectivity index (χ1v) is 7.37. The van der Waals surface area contributed by atoms with Crippen molar-refractivity contribution in [1.29, 1.82) is 0 Å². The number of H-pyrrole nitrogens is 1. The molecule has 0 saturated carbocycles. The number of aryl methyl sites for hydroxylation is 1. The van der Waals surface area contributed by atoms with Crippen molar-refractivity contribution < 1.29 is 4.79 Å². The lowest BCUT2D eigenvalue weighted by Gasteiger charge is -2.11. The van der Waals surface area contributed by atoms with Crippen molar-refractivity contribution in [2.75, 3.05) is 0 Å². The maximum absolute atomic E-state index is 12.6. The lowest BCUT2D eigenvalue weighted by molar-refractivity contribution is -0.121. The van der Waals surface area contributed by atoms with Crippen molar-refractivity contribution in [3.8, 4) is 0 Å². The summed E-state index contributed by atoms with van der Waals surface area (Å²) in [5.41, 5.74) is -0.199. The number of para-hydroxylation sites is 1. The Balaban J connectivity index is 2.12. The van der Waals surface area contributed by atoms with Gasteiger partial charge in [-0.3, -0.25) is 14.2 Å². The molecule has 8 nitrogen and oxygen atoms in total. The summed E-state index contributed by atoms with van der Waals surface area (Å²) in [6, 6.07) is 6.86. The van der Waals surface area contributed by atoms with Crippen molar-refractivity contribution in [3.63, 3.8) is 0 Å². The topological polar surface area (TPSA) is 101 Å². The van der Waals surface area contributed by atoms with Crippen LogP contribution in [0.5, 0.6) is 0 Å². The number of hydrogen-bond acceptors (Lipinski definition) is 4. The molecule has 3 rings (SSSR count). The molecule has 1 amide bonds. The van der Waals surface area contributed by atoms with E-state index in [9.17, 15) is 14.4 Å². The van der Waals surface area contributed by atoms with Crippen molar-refractivity contribution in [2.45, 2.75) is 32.9 Å². The van der Waals surface area contributed by atoms with Crippen molar-refractivity contribution in [1.82, 2.24) is 24.5 Å². The molecule has 0 atom stereocenters. The van der Waals surface area contributed by atoms with Crippen LogP contribution in [0.25, 0.3) is 16.7 Å². The third-order valence-electron chi connectivity index (χ3n) is 3.53. The molecule has 0 spiro atoms. The summed E-state index contributed by atoms with van der Waals surface area (Å²) in [6.45, 7) is 3.88. The van der Waals surface area contributed by atoms with Gasteiger partial charge in [0.15, 0.2) is 0 Å². The van der Waals surface area contributed by atoms with Gasteiger partial charge in [0.05, 0.1) is 10.9 Å². The van der Waals surface area contributed by atoms with E-state index in [1.807, 2.05) is 13.8 Å². The number of aromatic nitrogens is 4. The van der Waals surface area contributed by atoms with Gasteiger partial charge in [-0.05, 0) is 26.0 Å². The Morgan fingerprint density at radius 1 is 1.30 bits per heavy atom. The Hall–Kier alpha value is -2.90. The summed E-state index contributed by atoms with van der Waals surface area (Å²) < 4.78 is 2.69. The summed E-state index contributed by atoms with van der Waals surface area (Å²) in [4.78, 5) is 36.5. The smallest absolute Gasteiger partial charge is 0.349 e. The molecule has 23 heavy (non-hydrogen) atoms. The molecule has 0 unspecified atom stereocenters. The highest BCUT2D eigenvalue weighted by Crippen LogP contribution is 2.10. The van der Waals surface area contributed by atoms with Gasteiger partial charge in [0.1, 0.15) is 0 Å². The molecule has 8 heteroatoms. The molecule has 0 aliphatic heterocycles. The third-order valence-corrected chi connectivity index (χ3v) is 3.53. The molecule has 0 aliphatic carbocycles. The van der Waals surface area contributed by atoms with Crippen LogP contribution >= 0.6 is 0 Å². The first-order chi connectivity index (χ1) is 11.0. The molecule has 2 N–H and O–H groups in total. The number of fused-ring (bicyclic) bond motifs is 3. The maximum Gasteiger partial charge on any atom is 0.349 e. The minimum Gasteiger partial charge on any atom is -0.354 e. The normalized spacial score (nSPS) is 11.4. The van der Waals surface area contributed by atoms with Gasteiger partial charge < -0.3 is 5.32 Å². The molecule has 0 aliphatic rings. The molecule has 0 radical (unpaired) electrons. The van der Waals surface area contributed by atoms with E-state index < -0.39 is 5.69 Å². The molecule has 0 saturated heterocycles. The number of nitrogens with one attached hydrogen (secondary N) is 2. The van der Waals surface area contributed by atoms with Crippen LogP contribution < -0.4 is 16.6 Å². The first-order valence-electron chi connectivity index (χ1n) is 7.37. The fraction of sp³-hybridized carbons (Fsp3) is 0.333. The zero-order chi connectivity index (χ0) is 16.6. The molecule has 0 fully saturated rings. The molecule has 0 bridgehead atoms. The largest absolute Gasteiger partial charge is 0.354 e. The van der Waals surface area contributed by atoms with Gasteiger partial charge in [-0.2, -0.15) is 0 Å². The number of amides is 1. The lowest BCUT2D eigenvalue weighted by Crippen LogP contribution is -2.32. The Morgan fingerprint density at radius 2 is 2.04 bits per heavy atom. The Bertz CT molecular complexity index is 996. The highest BCUT2D eigenvalue weighted by Gasteiger charge is 2.15. The average molecular weight is 315 g/mol. The van der Waals surface area contributed by atoms with Gasteiger partial charge >= 0.3 is 5.69 Å². The van der Waals surface area contributed by atoms with Crippen LogP contribution in [0.3, 0.4) is 0 Å². The maximum atomic E-state index is 12.6. The van der Waals surface area contributed by atoms with Crippen molar-refractivity contribution >= 4 is 22.6 Å².